The molecule has 0 unspecified atom stereocenters. The first-order valence-corrected chi connectivity index (χ1v) is 11.3. The van der Waals surface area contributed by atoms with E-state index in [1.807, 2.05) is 60.7 Å². The highest BCUT2D eigenvalue weighted by Crippen LogP contribution is 2.28. The maximum atomic E-state index is 12.9. The molecule has 0 spiro atoms. The van der Waals surface area contributed by atoms with E-state index in [1.54, 1.807) is 6.20 Å². The fourth-order valence-electron chi connectivity index (χ4n) is 4.10. The van der Waals surface area contributed by atoms with Crippen molar-refractivity contribution in [3.63, 3.8) is 0 Å². The quantitative estimate of drug-likeness (QED) is 0.488. The molecule has 0 radical (unpaired) electrons. The smallest absolute Gasteiger partial charge is 0.272 e. The molecule has 1 aliphatic heterocycles. The molecule has 2 aromatic carbocycles. The number of carbonyl (C=O) groups is 1. The zero-order valence-electron chi connectivity index (χ0n) is 18.0. The van der Waals surface area contributed by atoms with E-state index in [-0.39, 0.29) is 5.91 Å². The molecule has 2 aromatic heterocycles. The zero-order valence-corrected chi connectivity index (χ0v) is 18.7. The molecule has 1 amide bonds. The molecule has 1 aliphatic rings. The van der Waals surface area contributed by atoms with Crippen LogP contribution in [0.2, 0.25) is 5.02 Å². The van der Waals surface area contributed by atoms with Gasteiger partial charge in [0.2, 0.25) is 0 Å². The van der Waals surface area contributed by atoms with Gasteiger partial charge < -0.3 is 15.1 Å². The summed E-state index contributed by atoms with van der Waals surface area (Å²) in [6.45, 7) is 3.64. The summed E-state index contributed by atoms with van der Waals surface area (Å²) in [5.41, 5.74) is 2.23. The first-order chi connectivity index (χ1) is 16.2. The van der Waals surface area contributed by atoms with Gasteiger partial charge in [0.1, 0.15) is 0 Å². The predicted molar refractivity (Wildman–Crippen MR) is 131 cm³/mol. The maximum absolute atomic E-state index is 12.9. The van der Waals surface area contributed by atoms with Crippen molar-refractivity contribution in [3.05, 3.63) is 89.3 Å². The van der Waals surface area contributed by atoms with E-state index in [4.69, 9.17) is 11.6 Å². The highest BCUT2D eigenvalue weighted by atomic mass is 35.5. The summed E-state index contributed by atoms with van der Waals surface area (Å²) in [4.78, 5) is 21.7. The molecular weight excluding hydrogens is 436 g/mol. The number of piperazine rings is 1. The summed E-state index contributed by atoms with van der Waals surface area (Å²) in [5.74, 6) is 0.541. The lowest BCUT2D eigenvalue weighted by Gasteiger charge is -2.37. The van der Waals surface area contributed by atoms with Gasteiger partial charge in [-0.2, -0.15) is 0 Å². The van der Waals surface area contributed by atoms with Crippen molar-refractivity contribution in [1.82, 2.24) is 20.5 Å². The Morgan fingerprint density at radius 1 is 0.879 bits per heavy atom. The number of nitrogens with zero attached hydrogens (tertiary/aromatic N) is 5. The number of carbonyl (C=O) groups excluding carboxylic acids is 1. The Kier molecular flexibility index (Phi) is 6.04. The van der Waals surface area contributed by atoms with Crippen LogP contribution in [-0.2, 0) is 6.54 Å². The summed E-state index contributed by atoms with van der Waals surface area (Å²) in [6, 6.07) is 21.3. The number of rotatable bonds is 5. The SMILES string of the molecule is O=C(NCc1ccccn1)c1nnc(N2CCN(c3cccc(Cl)c3)CC2)c2ccccc12. The molecule has 5 rings (SSSR count). The molecule has 1 saturated heterocycles. The van der Waals surface area contributed by atoms with Gasteiger partial charge >= 0.3 is 0 Å². The van der Waals surface area contributed by atoms with E-state index < -0.39 is 0 Å². The van der Waals surface area contributed by atoms with Crippen molar-refractivity contribution >= 4 is 39.8 Å². The van der Waals surface area contributed by atoms with Gasteiger partial charge in [-0.15, -0.1) is 10.2 Å². The van der Waals surface area contributed by atoms with Gasteiger partial charge in [-0.25, -0.2) is 0 Å². The molecule has 0 aliphatic carbocycles. The Hall–Kier alpha value is -3.71. The third kappa shape index (κ3) is 4.59. The molecule has 8 heteroatoms. The van der Waals surface area contributed by atoms with Crippen LogP contribution >= 0.6 is 11.6 Å². The Morgan fingerprint density at radius 3 is 2.39 bits per heavy atom. The van der Waals surface area contributed by atoms with Crippen LogP contribution in [0.1, 0.15) is 16.2 Å². The summed E-state index contributed by atoms with van der Waals surface area (Å²) >= 11 is 6.16. The van der Waals surface area contributed by atoms with E-state index in [9.17, 15) is 4.79 Å². The number of hydrogen-bond donors (Lipinski definition) is 1. The van der Waals surface area contributed by atoms with Crippen molar-refractivity contribution in [1.29, 1.82) is 0 Å². The van der Waals surface area contributed by atoms with Crippen LogP contribution in [-0.4, -0.2) is 47.3 Å². The fraction of sp³-hybridized carbons (Fsp3) is 0.200. The van der Waals surface area contributed by atoms with Crippen molar-refractivity contribution < 1.29 is 4.79 Å². The summed E-state index contributed by atoms with van der Waals surface area (Å²) < 4.78 is 0. The van der Waals surface area contributed by atoms with E-state index in [0.29, 0.717) is 12.2 Å². The number of amides is 1. The third-order valence-corrected chi connectivity index (χ3v) is 6.03. The Labute approximate surface area is 197 Å². The monoisotopic (exact) mass is 458 g/mol. The first-order valence-electron chi connectivity index (χ1n) is 10.9. The van der Waals surface area contributed by atoms with Gasteiger partial charge in [0.25, 0.3) is 5.91 Å². The average molecular weight is 459 g/mol. The average Bonchev–Trinajstić information content (AvgIpc) is 2.87. The molecule has 33 heavy (non-hydrogen) atoms. The molecule has 1 N–H and O–H groups in total. The Bertz CT molecular complexity index is 1270. The van der Waals surface area contributed by atoms with Gasteiger partial charge in [-0.3, -0.25) is 9.78 Å². The van der Waals surface area contributed by atoms with Crippen molar-refractivity contribution in [2.24, 2.45) is 0 Å². The summed E-state index contributed by atoms with van der Waals surface area (Å²) in [6.07, 6.45) is 1.71. The standard InChI is InChI=1S/C25H23ClN6O/c26-18-6-5-8-20(16-18)31-12-14-32(15-13-31)24-22-10-2-1-9-21(22)23(29-30-24)25(33)28-17-19-7-3-4-11-27-19/h1-11,16H,12-15,17H2,(H,28,33). The van der Waals surface area contributed by atoms with Crippen LogP contribution in [0.15, 0.2) is 72.9 Å². The lowest BCUT2D eigenvalue weighted by molar-refractivity contribution is 0.0946. The number of fused-ring (bicyclic) bond motifs is 1. The summed E-state index contributed by atoms with van der Waals surface area (Å²) in [5, 5.41) is 14.2. The van der Waals surface area contributed by atoms with Gasteiger partial charge in [0.05, 0.1) is 12.2 Å². The van der Waals surface area contributed by atoms with Crippen molar-refractivity contribution in [2.45, 2.75) is 6.54 Å². The zero-order chi connectivity index (χ0) is 22.6. The highest BCUT2D eigenvalue weighted by Gasteiger charge is 2.23. The third-order valence-electron chi connectivity index (χ3n) is 5.79. The molecule has 1 fully saturated rings. The largest absolute Gasteiger partial charge is 0.368 e. The van der Waals surface area contributed by atoms with Crippen LogP contribution in [0.4, 0.5) is 11.5 Å². The second-order valence-corrected chi connectivity index (χ2v) is 8.31. The van der Waals surface area contributed by atoms with Crippen molar-refractivity contribution in [3.8, 4) is 0 Å². The minimum absolute atomic E-state index is 0.262. The number of aromatic nitrogens is 3. The fourth-order valence-corrected chi connectivity index (χ4v) is 4.28. The predicted octanol–water partition coefficient (Wildman–Crippen LogP) is 3.93. The van der Waals surface area contributed by atoms with E-state index in [1.165, 1.54) is 0 Å². The second-order valence-electron chi connectivity index (χ2n) is 7.88. The van der Waals surface area contributed by atoms with Gasteiger partial charge in [-0.1, -0.05) is 48.0 Å². The minimum Gasteiger partial charge on any atom is -0.368 e. The van der Waals surface area contributed by atoms with Crippen LogP contribution in [0, 0.1) is 0 Å². The minimum atomic E-state index is -0.262. The summed E-state index contributed by atoms with van der Waals surface area (Å²) in [7, 11) is 0. The Morgan fingerprint density at radius 2 is 1.64 bits per heavy atom. The topological polar surface area (TPSA) is 74.2 Å². The molecule has 0 atom stereocenters. The number of nitrogens with one attached hydrogen (secondary N) is 1. The van der Waals surface area contributed by atoms with Gasteiger partial charge in [0.15, 0.2) is 11.5 Å². The molecular formula is C25H23ClN6O. The highest BCUT2D eigenvalue weighted by molar-refractivity contribution is 6.30. The number of pyridine rings is 1. The lowest BCUT2D eigenvalue weighted by Crippen LogP contribution is -2.47. The number of halogens is 1. The van der Waals surface area contributed by atoms with E-state index in [2.05, 4.69) is 36.4 Å². The molecule has 166 valence electrons. The van der Waals surface area contributed by atoms with Crippen molar-refractivity contribution in [2.75, 3.05) is 36.0 Å². The van der Waals surface area contributed by atoms with Gasteiger partial charge in [0, 0.05) is 53.9 Å². The molecule has 4 aromatic rings. The molecule has 0 saturated carbocycles. The first kappa shape index (κ1) is 21.2. The number of hydrogen-bond acceptors (Lipinski definition) is 6. The van der Waals surface area contributed by atoms with Crippen LogP contribution < -0.4 is 15.1 Å². The number of benzene rings is 2. The molecule has 3 heterocycles. The van der Waals surface area contributed by atoms with Crippen LogP contribution in [0.3, 0.4) is 0 Å². The lowest BCUT2D eigenvalue weighted by atomic mass is 10.1. The number of anilines is 2. The molecule has 0 bridgehead atoms. The van der Waals surface area contributed by atoms with E-state index >= 15 is 0 Å². The maximum Gasteiger partial charge on any atom is 0.272 e. The van der Waals surface area contributed by atoms with E-state index in [0.717, 1.165) is 59.2 Å². The second kappa shape index (κ2) is 9.42. The van der Waals surface area contributed by atoms with Gasteiger partial charge in [-0.05, 0) is 30.3 Å². The molecule has 7 nitrogen and oxygen atoms in total. The Balaban J connectivity index is 1.34. The normalized spacial score (nSPS) is 13.8. The van der Waals surface area contributed by atoms with Crippen LogP contribution in [0.25, 0.3) is 10.8 Å². The van der Waals surface area contributed by atoms with Crippen LogP contribution in [0.5, 0.6) is 0 Å².